The predicted molar refractivity (Wildman–Crippen MR) is 117 cm³/mol. The van der Waals surface area contributed by atoms with Crippen LogP contribution in [0, 0.1) is 0 Å². The Morgan fingerprint density at radius 2 is 1.97 bits per heavy atom. The van der Waals surface area contributed by atoms with Crippen LogP contribution in [0.15, 0.2) is 24.3 Å². The van der Waals surface area contributed by atoms with Crippen molar-refractivity contribution in [2.45, 2.75) is 38.8 Å². The van der Waals surface area contributed by atoms with Crippen LogP contribution >= 0.6 is 0 Å². The number of anilines is 1. The third-order valence-corrected chi connectivity index (χ3v) is 7.44. The van der Waals surface area contributed by atoms with Gasteiger partial charge in [-0.25, -0.2) is 23.2 Å². The quantitative estimate of drug-likeness (QED) is 0.547. The molecule has 0 saturated carbocycles. The molecule has 9 nitrogen and oxygen atoms in total. The third-order valence-electron chi connectivity index (χ3n) is 5.65. The van der Waals surface area contributed by atoms with Gasteiger partial charge in [-0.1, -0.05) is 25.1 Å². The molecule has 4 N–H and O–H groups in total. The van der Waals surface area contributed by atoms with Crippen LogP contribution in [0.5, 0.6) is 0 Å². The molecule has 3 aromatic rings. The molecule has 0 spiro atoms. The number of nitrogen functional groups attached to an aromatic ring is 1. The molecule has 160 valence electrons. The monoisotopic (exact) mass is 430 g/mol. The van der Waals surface area contributed by atoms with Gasteiger partial charge < -0.3 is 20.9 Å². The van der Waals surface area contributed by atoms with Crippen molar-refractivity contribution in [3.63, 3.8) is 0 Å². The van der Waals surface area contributed by atoms with E-state index >= 15 is 0 Å². The maximum atomic E-state index is 11.7. The second-order valence-corrected chi connectivity index (χ2v) is 9.87. The average Bonchev–Trinajstić information content (AvgIpc) is 3.05. The summed E-state index contributed by atoms with van der Waals surface area (Å²) in [5.74, 6) is 1.36. The number of nitrogens with two attached hydrogens (primary N) is 2. The maximum Gasteiger partial charge on any atom is 0.315 e. The number of primary amides is 1. The summed E-state index contributed by atoms with van der Waals surface area (Å²) in [5, 5.41) is 1.01. The number of sulfone groups is 1. The molecule has 0 radical (unpaired) electrons. The number of fused-ring (bicyclic) bond motifs is 3. The summed E-state index contributed by atoms with van der Waals surface area (Å²) < 4.78 is 25.0. The third kappa shape index (κ3) is 3.67. The first kappa shape index (κ1) is 20.4. The van der Waals surface area contributed by atoms with Crippen LogP contribution in [0.25, 0.3) is 21.9 Å². The van der Waals surface area contributed by atoms with E-state index in [9.17, 15) is 13.2 Å². The van der Waals surface area contributed by atoms with Gasteiger partial charge in [-0.2, -0.15) is 0 Å². The van der Waals surface area contributed by atoms with Crippen molar-refractivity contribution in [2.24, 2.45) is 5.73 Å². The lowest BCUT2D eigenvalue weighted by molar-refractivity contribution is 0.188. The fraction of sp³-hybridized carbons (Fsp3) is 0.450. The van der Waals surface area contributed by atoms with Gasteiger partial charge in [0.2, 0.25) is 0 Å². The summed E-state index contributed by atoms with van der Waals surface area (Å²) in [4.78, 5) is 22.4. The number of para-hydroxylation sites is 1. The van der Waals surface area contributed by atoms with Gasteiger partial charge >= 0.3 is 6.03 Å². The van der Waals surface area contributed by atoms with Crippen molar-refractivity contribution >= 4 is 43.6 Å². The SMILES string of the molecule is CCc1nc2c(N)nc3ccccc3c2n1CCCCN(C(N)=O)C1CS(=O)(=O)C1. The van der Waals surface area contributed by atoms with Crippen molar-refractivity contribution in [3.8, 4) is 0 Å². The lowest BCUT2D eigenvalue weighted by atomic mass is 10.2. The number of urea groups is 1. The van der Waals surface area contributed by atoms with E-state index in [1.54, 1.807) is 0 Å². The molecule has 2 aromatic heterocycles. The fourth-order valence-electron chi connectivity index (χ4n) is 4.16. The Labute approximate surface area is 175 Å². The van der Waals surface area contributed by atoms with Gasteiger partial charge in [-0.3, -0.25) is 0 Å². The van der Waals surface area contributed by atoms with E-state index in [0.29, 0.717) is 30.8 Å². The minimum atomic E-state index is -3.01. The summed E-state index contributed by atoms with van der Waals surface area (Å²) in [6, 6.07) is 6.99. The molecule has 2 amide bonds. The molecule has 0 aliphatic carbocycles. The molecule has 10 heteroatoms. The molecule has 1 saturated heterocycles. The lowest BCUT2D eigenvalue weighted by Gasteiger charge is -2.35. The molecule has 0 bridgehead atoms. The van der Waals surface area contributed by atoms with Gasteiger partial charge in [0.05, 0.1) is 28.6 Å². The normalized spacial score (nSPS) is 16.0. The van der Waals surface area contributed by atoms with E-state index in [-0.39, 0.29) is 17.5 Å². The standard InChI is InChI=1S/C20H26N6O3S/c1-2-16-24-17-18(14-7-3-4-8-15(14)23-19(17)21)26(16)10-6-5-9-25(20(22)27)13-11-30(28,29)12-13/h3-4,7-8,13H,2,5-6,9-12H2,1H3,(H2,21,23)(H2,22,27). The summed E-state index contributed by atoms with van der Waals surface area (Å²) in [7, 11) is -3.01. The topological polar surface area (TPSA) is 137 Å². The Kier molecular flexibility index (Phi) is 5.27. The van der Waals surface area contributed by atoms with Crippen LogP contribution in [-0.4, -0.2) is 58.0 Å². The molecular weight excluding hydrogens is 404 g/mol. The first-order chi connectivity index (χ1) is 14.3. The molecular formula is C20H26N6O3S. The Balaban J connectivity index is 1.53. The van der Waals surface area contributed by atoms with Crippen molar-refractivity contribution in [1.82, 2.24) is 19.4 Å². The number of benzene rings is 1. The molecule has 30 heavy (non-hydrogen) atoms. The summed E-state index contributed by atoms with van der Waals surface area (Å²) in [6.45, 7) is 3.20. The first-order valence-electron chi connectivity index (χ1n) is 10.1. The first-order valence-corrected chi connectivity index (χ1v) is 11.9. The lowest BCUT2D eigenvalue weighted by Crippen LogP contribution is -2.57. The Morgan fingerprint density at radius 1 is 1.23 bits per heavy atom. The number of unbranched alkanes of at least 4 members (excludes halogenated alkanes) is 1. The second kappa shape index (κ2) is 7.75. The molecule has 1 fully saturated rings. The van der Waals surface area contributed by atoms with Crippen LogP contribution in [0.1, 0.15) is 25.6 Å². The number of nitrogens with zero attached hydrogens (tertiary/aromatic N) is 4. The number of carbonyl (C=O) groups is 1. The van der Waals surface area contributed by atoms with E-state index in [2.05, 4.69) is 16.5 Å². The number of amides is 2. The zero-order chi connectivity index (χ0) is 21.5. The minimum absolute atomic E-state index is 0.000344. The summed E-state index contributed by atoms with van der Waals surface area (Å²) in [6.07, 6.45) is 2.26. The Morgan fingerprint density at radius 3 is 2.63 bits per heavy atom. The minimum Gasteiger partial charge on any atom is -0.382 e. The van der Waals surface area contributed by atoms with Crippen molar-refractivity contribution < 1.29 is 13.2 Å². The van der Waals surface area contributed by atoms with E-state index in [4.69, 9.17) is 16.5 Å². The molecule has 1 aliphatic rings. The van der Waals surface area contributed by atoms with Crippen molar-refractivity contribution in [2.75, 3.05) is 23.8 Å². The number of hydrogen-bond donors (Lipinski definition) is 2. The molecule has 0 atom stereocenters. The van der Waals surface area contributed by atoms with Crippen LogP contribution in [0.3, 0.4) is 0 Å². The number of pyridine rings is 1. The fourth-order valence-corrected chi connectivity index (χ4v) is 5.59. The van der Waals surface area contributed by atoms with Crippen LogP contribution < -0.4 is 11.5 Å². The van der Waals surface area contributed by atoms with Crippen LogP contribution in [0.2, 0.25) is 0 Å². The predicted octanol–water partition coefficient (Wildman–Crippen LogP) is 1.69. The molecule has 1 aromatic carbocycles. The number of aryl methyl sites for hydroxylation is 2. The highest BCUT2D eigenvalue weighted by atomic mass is 32.2. The molecule has 0 unspecified atom stereocenters. The van der Waals surface area contributed by atoms with Crippen LogP contribution in [0.4, 0.5) is 10.6 Å². The number of aromatic nitrogens is 3. The zero-order valence-electron chi connectivity index (χ0n) is 16.9. The molecule has 1 aliphatic heterocycles. The van der Waals surface area contributed by atoms with E-state index in [1.165, 1.54) is 4.90 Å². The van der Waals surface area contributed by atoms with E-state index in [0.717, 1.165) is 35.1 Å². The number of rotatable bonds is 7. The zero-order valence-corrected chi connectivity index (χ0v) is 17.7. The number of hydrogen-bond acceptors (Lipinski definition) is 6. The largest absolute Gasteiger partial charge is 0.382 e. The smallest absolute Gasteiger partial charge is 0.315 e. The summed E-state index contributed by atoms with van der Waals surface area (Å²) >= 11 is 0. The van der Waals surface area contributed by atoms with Gasteiger partial charge in [0.1, 0.15) is 11.3 Å². The maximum absolute atomic E-state index is 11.7. The van der Waals surface area contributed by atoms with Gasteiger partial charge in [0.15, 0.2) is 15.7 Å². The van der Waals surface area contributed by atoms with Gasteiger partial charge in [0, 0.05) is 24.9 Å². The Bertz CT molecular complexity index is 1210. The summed E-state index contributed by atoms with van der Waals surface area (Å²) in [5.41, 5.74) is 14.2. The number of carbonyl (C=O) groups excluding carboxylic acids is 1. The van der Waals surface area contributed by atoms with E-state index < -0.39 is 15.9 Å². The Hall–Kier alpha value is -2.88. The van der Waals surface area contributed by atoms with Crippen molar-refractivity contribution in [1.29, 1.82) is 0 Å². The van der Waals surface area contributed by atoms with Crippen molar-refractivity contribution in [3.05, 3.63) is 30.1 Å². The molecule has 4 rings (SSSR count). The average molecular weight is 431 g/mol. The highest BCUT2D eigenvalue weighted by molar-refractivity contribution is 7.92. The van der Waals surface area contributed by atoms with Gasteiger partial charge in [-0.15, -0.1) is 0 Å². The van der Waals surface area contributed by atoms with Gasteiger partial charge in [0.25, 0.3) is 0 Å². The van der Waals surface area contributed by atoms with E-state index in [1.807, 2.05) is 24.3 Å². The second-order valence-electron chi connectivity index (χ2n) is 7.71. The van der Waals surface area contributed by atoms with Crippen LogP contribution in [-0.2, 0) is 22.8 Å². The van der Waals surface area contributed by atoms with Gasteiger partial charge in [-0.05, 0) is 18.9 Å². The number of imidazole rings is 1. The highest BCUT2D eigenvalue weighted by Gasteiger charge is 2.38. The molecule has 3 heterocycles. The highest BCUT2D eigenvalue weighted by Crippen LogP contribution is 2.29.